The van der Waals surface area contributed by atoms with Crippen molar-refractivity contribution in [3.8, 4) is 0 Å². The van der Waals surface area contributed by atoms with Crippen LogP contribution in [0.3, 0.4) is 0 Å². The lowest BCUT2D eigenvalue weighted by Crippen LogP contribution is -2.26. The van der Waals surface area contributed by atoms with Crippen molar-refractivity contribution in [3.63, 3.8) is 0 Å². The summed E-state index contributed by atoms with van der Waals surface area (Å²) in [5, 5.41) is 0. The highest BCUT2D eigenvalue weighted by molar-refractivity contribution is 6.07. The predicted octanol–water partition coefficient (Wildman–Crippen LogP) is 2.78. The van der Waals surface area contributed by atoms with E-state index in [2.05, 4.69) is 4.98 Å². The van der Waals surface area contributed by atoms with Crippen molar-refractivity contribution in [2.45, 2.75) is 39.3 Å². The first-order valence-electron chi connectivity index (χ1n) is 7.96. The van der Waals surface area contributed by atoms with Gasteiger partial charge in [-0.3, -0.25) is 9.59 Å². The molecule has 0 saturated carbocycles. The number of aromatic nitrogens is 2. The maximum absolute atomic E-state index is 12.6. The van der Waals surface area contributed by atoms with Crippen LogP contribution < -0.4 is 0 Å². The van der Waals surface area contributed by atoms with Crippen molar-refractivity contribution in [1.82, 2.24) is 9.55 Å². The molecule has 1 aliphatic heterocycles. The lowest BCUT2D eigenvalue weighted by Gasteiger charge is -2.17. The number of esters is 1. The summed E-state index contributed by atoms with van der Waals surface area (Å²) in [6, 6.07) is 9.44. The Kier molecular flexibility index (Phi) is 4.55. The van der Waals surface area contributed by atoms with Gasteiger partial charge in [0.05, 0.1) is 6.20 Å². The second-order valence-electron chi connectivity index (χ2n) is 5.85. The minimum Gasteiger partial charge on any atom is -0.460 e. The van der Waals surface area contributed by atoms with Gasteiger partial charge in [0.1, 0.15) is 24.0 Å². The number of ketones is 1. The van der Waals surface area contributed by atoms with Crippen LogP contribution >= 0.6 is 0 Å². The fourth-order valence-corrected chi connectivity index (χ4v) is 2.80. The zero-order valence-corrected chi connectivity index (χ0v) is 13.2. The van der Waals surface area contributed by atoms with E-state index < -0.39 is 11.9 Å². The van der Waals surface area contributed by atoms with Crippen molar-refractivity contribution < 1.29 is 14.3 Å². The smallest absolute Gasteiger partial charge is 0.316 e. The molecule has 3 rings (SSSR count). The number of benzene rings is 1. The Balaban J connectivity index is 1.65. The van der Waals surface area contributed by atoms with Crippen molar-refractivity contribution >= 4 is 11.8 Å². The van der Waals surface area contributed by atoms with E-state index >= 15 is 0 Å². The fourth-order valence-electron chi connectivity index (χ4n) is 2.80. The molecular formula is C18H20N2O3. The first-order chi connectivity index (χ1) is 11.2. The molecule has 0 N–H and O–H groups in total. The zero-order valence-electron chi connectivity index (χ0n) is 13.2. The highest BCUT2D eigenvalue weighted by Crippen LogP contribution is 2.19. The molecule has 23 heavy (non-hydrogen) atoms. The minimum absolute atomic E-state index is 0.182. The molecule has 2 heterocycles. The number of nitrogens with zero attached hydrogens (tertiary/aromatic N) is 2. The molecule has 0 fully saturated rings. The van der Waals surface area contributed by atoms with Gasteiger partial charge in [0.15, 0.2) is 5.78 Å². The van der Waals surface area contributed by atoms with Gasteiger partial charge in [0, 0.05) is 13.0 Å². The van der Waals surface area contributed by atoms with Gasteiger partial charge in [0.2, 0.25) is 0 Å². The van der Waals surface area contributed by atoms with Crippen LogP contribution in [0.25, 0.3) is 0 Å². The average Bonchev–Trinajstić information content (AvgIpc) is 3.03. The number of imidazole rings is 1. The molecule has 5 heteroatoms. The quantitative estimate of drug-likeness (QED) is 0.484. The van der Waals surface area contributed by atoms with Gasteiger partial charge in [-0.1, -0.05) is 30.3 Å². The summed E-state index contributed by atoms with van der Waals surface area (Å²) < 4.78 is 7.20. The first kappa shape index (κ1) is 15.5. The Morgan fingerprint density at radius 1 is 1.26 bits per heavy atom. The number of carbonyl (C=O) groups excluding carboxylic acids is 2. The average molecular weight is 312 g/mol. The topological polar surface area (TPSA) is 61.2 Å². The van der Waals surface area contributed by atoms with E-state index in [1.165, 1.54) is 0 Å². The van der Waals surface area contributed by atoms with Crippen LogP contribution in [0.1, 0.15) is 41.6 Å². The molecule has 0 radical (unpaired) electrons. The van der Waals surface area contributed by atoms with E-state index in [0.717, 1.165) is 37.2 Å². The number of hydrogen-bond donors (Lipinski definition) is 0. The second-order valence-corrected chi connectivity index (χ2v) is 5.85. The van der Waals surface area contributed by atoms with Gasteiger partial charge in [-0.2, -0.15) is 0 Å². The molecule has 1 atom stereocenters. The van der Waals surface area contributed by atoms with Crippen LogP contribution in [0.15, 0.2) is 36.5 Å². The number of Topliss-reactive ketones (excluding diaryl/α,β-unsaturated/α-hetero) is 1. The van der Waals surface area contributed by atoms with Crippen LogP contribution in [-0.4, -0.2) is 21.3 Å². The molecule has 120 valence electrons. The normalized spacial score (nSPS) is 14.8. The third-order valence-electron chi connectivity index (χ3n) is 4.19. The Morgan fingerprint density at radius 2 is 2.04 bits per heavy atom. The van der Waals surface area contributed by atoms with E-state index in [1.54, 1.807) is 13.1 Å². The second kappa shape index (κ2) is 6.77. The molecule has 0 bridgehead atoms. The highest BCUT2D eigenvalue weighted by atomic mass is 16.5. The molecule has 1 aliphatic rings. The van der Waals surface area contributed by atoms with Crippen molar-refractivity contribution in [1.29, 1.82) is 0 Å². The molecule has 0 aliphatic carbocycles. The van der Waals surface area contributed by atoms with E-state index in [-0.39, 0.29) is 12.4 Å². The molecule has 1 unspecified atom stereocenters. The van der Waals surface area contributed by atoms with Gasteiger partial charge in [-0.05, 0) is 25.3 Å². The molecule has 2 aromatic rings. The molecule has 0 saturated heterocycles. The first-order valence-corrected chi connectivity index (χ1v) is 7.96. The van der Waals surface area contributed by atoms with Gasteiger partial charge in [-0.15, -0.1) is 0 Å². The number of carbonyl (C=O) groups is 2. The SMILES string of the molecule is CC(C(=O)OCc1ccccc1)C(=O)c1cnc2n1CCCC2. The number of hydrogen-bond acceptors (Lipinski definition) is 4. The maximum atomic E-state index is 12.6. The third kappa shape index (κ3) is 3.33. The predicted molar refractivity (Wildman–Crippen MR) is 84.9 cm³/mol. The van der Waals surface area contributed by atoms with Crippen LogP contribution in [0.5, 0.6) is 0 Å². The summed E-state index contributed by atoms with van der Waals surface area (Å²) in [6.07, 6.45) is 4.61. The molecule has 1 aromatic carbocycles. The number of ether oxygens (including phenoxy) is 1. The standard InChI is InChI=1S/C18H20N2O3/c1-13(18(22)23-12-14-7-3-2-4-8-14)17(21)15-11-19-16-9-5-6-10-20(15)16/h2-4,7-8,11,13H,5-6,9-10,12H2,1H3. The monoisotopic (exact) mass is 312 g/mol. The van der Waals surface area contributed by atoms with Crippen molar-refractivity contribution in [2.75, 3.05) is 0 Å². The van der Waals surface area contributed by atoms with Gasteiger partial charge in [0.25, 0.3) is 0 Å². The van der Waals surface area contributed by atoms with Gasteiger partial charge in [-0.25, -0.2) is 4.98 Å². The van der Waals surface area contributed by atoms with Crippen LogP contribution in [-0.2, 0) is 29.1 Å². The minimum atomic E-state index is -0.818. The Bertz CT molecular complexity index is 706. The van der Waals surface area contributed by atoms with E-state index in [1.807, 2.05) is 34.9 Å². The van der Waals surface area contributed by atoms with Gasteiger partial charge < -0.3 is 9.30 Å². The molecule has 0 spiro atoms. The van der Waals surface area contributed by atoms with E-state index in [0.29, 0.717) is 5.69 Å². The van der Waals surface area contributed by atoms with Crippen LogP contribution in [0.4, 0.5) is 0 Å². The van der Waals surface area contributed by atoms with Crippen molar-refractivity contribution in [2.24, 2.45) is 5.92 Å². The Hall–Kier alpha value is -2.43. The summed E-state index contributed by atoms with van der Waals surface area (Å²) in [5.41, 5.74) is 1.42. The fraction of sp³-hybridized carbons (Fsp3) is 0.389. The zero-order chi connectivity index (χ0) is 16.2. The van der Waals surface area contributed by atoms with Gasteiger partial charge >= 0.3 is 5.97 Å². The van der Waals surface area contributed by atoms with E-state index in [9.17, 15) is 9.59 Å². The molecular weight excluding hydrogens is 292 g/mol. The summed E-state index contributed by atoms with van der Waals surface area (Å²) in [5.74, 6) is -0.597. The number of rotatable bonds is 5. The van der Waals surface area contributed by atoms with E-state index in [4.69, 9.17) is 4.74 Å². The lowest BCUT2D eigenvalue weighted by atomic mass is 10.0. The summed E-state index contributed by atoms with van der Waals surface area (Å²) in [4.78, 5) is 29.0. The maximum Gasteiger partial charge on any atom is 0.316 e. The van der Waals surface area contributed by atoms with Crippen LogP contribution in [0.2, 0.25) is 0 Å². The highest BCUT2D eigenvalue weighted by Gasteiger charge is 2.28. The van der Waals surface area contributed by atoms with Crippen LogP contribution in [0, 0.1) is 5.92 Å². The largest absolute Gasteiger partial charge is 0.460 e. The lowest BCUT2D eigenvalue weighted by molar-refractivity contribution is -0.147. The number of fused-ring (bicyclic) bond motifs is 1. The van der Waals surface area contributed by atoms with Crippen molar-refractivity contribution in [3.05, 3.63) is 53.6 Å². The summed E-state index contributed by atoms with van der Waals surface area (Å²) >= 11 is 0. The molecule has 5 nitrogen and oxygen atoms in total. The molecule has 0 amide bonds. The Morgan fingerprint density at radius 3 is 2.83 bits per heavy atom. The summed E-state index contributed by atoms with van der Waals surface area (Å²) in [6.45, 7) is 2.57. The Labute approximate surface area is 135 Å². The summed E-state index contributed by atoms with van der Waals surface area (Å²) in [7, 11) is 0. The third-order valence-corrected chi connectivity index (χ3v) is 4.19. The number of aryl methyl sites for hydroxylation is 1. The molecule has 1 aromatic heterocycles.